The van der Waals surface area contributed by atoms with E-state index in [9.17, 15) is 0 Å². The molecule has 0 amide bonds. The van der Waals surface area contributed by atoms with Crippen LogP contribution in [-0.4, -0.2) is 26.3 Å². The highest BCUT2D eigenvalue weighted by molar-refractivity contribution is 9.10. The van der Waals surface area contributed by atoms with Crippen LogP contribution in [0.25, 0.3) is 0 Å². The third-order valence-electron chi connectivity index (χ3n) is 2.53. The van der Waals surface area contributed by atoms with Crippen molar-refractivity contribution >= 4 is 15.9 Å². The maximum atomic E-state index is 4.43. The Kier molecular flexibility index (Phi) is 5.04. The van der Waals surface area contributed by atoms with Crippen molar-refractivity contribution in [3.05, 3.63) is 40.6 Å². The summed E-state index contributed by atoms with van der Waals surface area (Å²) in [5.74, 6) is 1.46. The lowest BCUT2D eigenvalue weighted by atomic mass is 10.2. The molecule has 0 spiro atoms. The van der Waals surface area contributed by atoms with Gasteiger partial charge in [0, 0.05) is 16.9 Å². The number of hydrogen-bond donors (Lipinski definition) is 1. The summed E-state index contributed by atoms with van der Waals surface area (Å²) in [6, 6.07) is 2.03. The first-order valence-electron chi connectivity index (χ1n) is 6.32. The van der Waals surface area contributed by atoms with Gasteiger partial charge in [-0.05, 0) is 40.0 Å². The predicted molar refractivity (Wildman–Crippen MR) is 77.6 cm³/mol. The van der Waals surface area contributed by atoms with Crippen molar-refractivity contribution in [1.82, 2.24) is 25.1 Å². The maximum Gasteiger partial charge on any atom is 0.164 e. The number of hydrogen-bond acceptors (Lipinski definition) is 4. The van der Waals surface area contributed by atoms with Crippen LogP contribution < -0.4 is 5.32 Å². The van der Waals surface area contributed by atoms with Crippen molar-refractivity contribution in [2.75, 3.05) is 6.54 Å². The molecule has 102 valence electrons. The Balaban J connectivity index is 1.90. The van der Waals surface area contributed by atoms with Gasteiger partial charge in [0.1, 0.15) is 6.33 Å². The van der Waals surface area contributed by atoms with Crippen LogP contribution in [0.1, 0.15) is 25.2 Å². The summed E-state index contributed by atoms with van der Waals surface area (Å²) < 4.78 is 2.81. The van der Waals surface area contributed by atoms with Gasteiger partial charge in [-0.15, -0.1) is 0 Å². The first-order chi connectivity index (χ1) is 9.13. The van der Waals surface area contributed by atoms with Crippen LogP contribution in [-0.2, 0) is 13.1 Å². The van der Waals surface area contributed by atoms with Crippen molar-refractivity contribution in [2.45, 2.75) is 26.9 Å². The summed E-state index contributed by atoms with van der Waals surface area (Å²) >= 11 is 3.41. The molecular formula is C13H18BrN5. The second-order valence-corrected chi connectivity index (χ2v) is 5.81. The molecule has 6 heteroatoms. The van der Waals surface area contributed by atoms with E-state index in [-0.39, 0.29) is 0 Å². The summed E-state index contributed by atoms with van der Waals surface area (Å²) in [6.45, 7) is 6.73. The smallest absolute Gasteiger partial charge is 0.164 e. The van der Waals surface area contributed by atoms with Crippen LogP contribution in [0.5, 0.6) is 0 Å². The largest absolute Gasteiger partial charge is 0.310 e. The summed E-state index contributed by atoms with van der Waals surface area (Å²) in [7, 11) is 0. The van der Waals surface area contributed by atoms with Gasteiger partial charge in [0.15, 0.2) is 5.82 Å². The highest BCUT2D eigenvalue weighted by Crippen LogP contribution is 2.10. The zero-order chi connectivity index (χ0) is 13.7. The van der Waals surface area contributed by atoms with Crippen LogP contribution >= 0.6 is 15.9 Å². The number of pyridine rings is 1. The van der Waals surface area contributed by atoms with E-state index in [4.69, 9.17) is 0 Å². The van der Waals surface area contributed by atoms with Crippen LogP contribution in [0.2, 0.25) is 0 Å². The average molecular weight is 324 g/mol. The quantitative estimate of drug-likeness (QED) is 0.885. The maximum absolute atomic E-state index is 4.43. The minimum atomic E-state index is 0.634. The summed E-state index contributed by atoms with van der Waals surface area (Å²) in [5, 5.41) is 7.76. The molecule has 2 aromatic heterocycles. The van der Waals surface area contributed by atoms with Crippen LogP contribution in [0.15, 0.2) is 29.3 Å². The van der Waals surface area contributed by atoms with E-state index in [1.54, 1.807) is 12.5 Å². The van der Waals surface area contributed by atoms with E-state index in [0.29, 0.717) is 19.0 Å². The molecule has 1 N–H and O–H groups in total. The third kappa shape index (κ3) is 4.72. The van der Waals surface area contributed by atoms with Gasteiger partial charge in [-0.3, -0.25) is 4.98 Å². The predicted octanol–water partition coefficient (Wildman–Crippen LogP) is 2.23. The lowest BCUT2D eigenvalue weighted by Crippen LogP contribution is -2.19. The van der Waals surface area contributed by atoms with Crippen LogP contribution in [0, 0.1) is 5.92 Å². The van der Waals surface area contributed by atoms with Crippen LogP contribution in [0.3, 0.4) is 0 Å². The van der Waals surface area contributed by atoms with Gasteiger partial charge in [-0.25, -0.2) is 9.67 Å². The highest BCUT2D eigenvalue weighted by Gasteiger charge is 2.03. The Morgan fingerprint density at radius 1 is 1.37 bits per heavy atom. The van der Waals surface area contributed by atoms with Crippen molar-refractivity contribution < 1.29 is 0 Å². The zero-order valence-electron chi connectivity index (χ0n) is 11.2. The molecule has 0 unspecified atom stereocenters. The van der Waals surface area contributed by atoms with E-state index in [2.05, 4.69) is 50.2 Å². The molecule has 0 aliphatic carbocycles. The number of halogens is 1. The van der Waals surface area contributed by atoms with Gasteiger partial charge in [0.2, 0.25) is 0 Å². The molecule has 0 bridgehead atoms. The Morgan fingerprint density at radius 2 is 2.21 bits per heavy atom. The van der Waals surface area contributed by atoms with Crippen molar-refractivity contribution in [3.8, 4) is 0 Å². The topological polar surface area (TPSA) is 55.6 Å². The molecule has 0 aromatic carbocycles. The monoisotopic (exact) mass is 323 g/mol. The van der Waals surface area contributed by atoms with E-state index in [1.165, 1.54) is 0 Å². The van der Waals surface area contributed by atoms with Crippen molar-refractivity contribution in [3.63, 3.8) is 0 Å². The molecule has 0 saturated heterocycles. The number of nitrogens with zero attached hydrogens (tertiary/aromatic N) is 4. The first kappa shape index (κ1) is 14.1. The van der Waals surface area contributed by atoms with Crippen molar-refractivity contribution in [2.24, 2.45) is 5.92 Å². The van der Waals surface area contributed by atoms with E-state index < -0.39 is 0 Å². The molecule has 0 aliphatic heterocycles. The fraction of sp³-hybridized carbons (Fsp3) is 0.462. The fourth-order valence-electron chi connectivity index (χ4n) is 1.69. The Hall–Kier alpha value is -1.27. The molecule has 2 rings (SSSR count). The fourth-order valence-corrected chi connectivity index (χ4v) is 2.10. The number of aromatic nitrogens is 4. The Labute approximate surface area is 121 Å². The molecule has 2 aromatic rings. The first-order valence-corrected chi connectivity index (χ1v) is 7.11. The van der Waals surface area contributed by atoms with Gasteiger partial charge in [-0.1, -0.05) is 13.8 Å². The lowest BCUT2D eigenvalue weighted by molar-refractivity contribution is 0.539. The molecule has 0 aliphatic rings. The molecule has 0 atom stereocenters. The van der Waals surface area contributed by atoms with Crippen LogP contribution in [0.4, 0.5) is 0 Å². The summed E-state index contributed by atoms with van der Waals surface area (Å²) in [6.07, 6.45) is 5.36. The average Bonchev–Trinajstić information content (AvgIpc) is 2.76. The zero-order valence-corrected chi connectivity index (χ0v) is 12.8. The number of nitrogens with one attached hydrogen (secondary N) is 1. The molecule has 5 nitrogen and oxygen atoms in total. The normalized spacial score (nSPS) is 11.2. The van der Waals surface area contributed by atoms with E-state index in [1.807, 2.05) is 16.9 Å². The van der Waals surface area contributed by atoms with Gasteiger partial charge >= 0.3 is 0 Å². The van der Waals surface area contributed by atoms with Gasteiger partial charge in [0.25, 0.3) is 0 Å². The minimum Gasteiger partial charge on any atom is -0.310 e. The third-order valence-corrected chi connectivity index (χ3v) is 2.96. The molecule has 0 fully saturated rings. The number of rotatable bonds is 6. The second kappa shape index (κ2) is 6.77. The SMILES string of the molecule is CC(C)CNCc1ncn(Cc2cncc(Br)c2)n1. The molecule has 0 saturated carbocycles. The Bertz CT molecular complexity index is 523. The van der Waals surface area contributed by atoms with Crippen molar-refractivity contribution in [1.29, 1.82) is 0 Å². The molecule has 0 radical (unpaired) electrons. The van der Waals surface area contributed by atoms with Gasteiger partial charge < -0.3 is 5.32 Å². The summed E-state index contributed by atoms with van der Waals surface area (Å²) in [5.41, 5.74) is 1.10. The Morgan fingerprint density at radius 3 is 2.95 bits per heavy atom. The lowest BCUT2D eigenvalue weighted by Gasteiger charge is -2.04. The highest BCUT2D eigenvalue weighted by atomic mass is 79.9. The van der Waals surface area contributed by atoms with E-state index in [0.717, 1.165) is 22.4 Å². The standard InChI is InChI=1S/C13H18BrN5/c1-10(2)4-15-7-13-17-9-19(18-13)8-11-3-12(14)6-16-5-11/h3,5-6,9-10,15H,4,7-8H2,1-2H3. The molecule has 19 heavy (non-hydrogen) atoms. The minimum absolute atomic E-state index is 0.634. The summed E-state index contributed by atoms with van der Waals surface area (Å²) in [4.78, 5) is 8.42. The van der Waals surface area contributed by atoms with Gasteiger partial charge in [-0.2, -0.15) is 5.10 Å². The van der Waals surface area contributed by atoms with E-state index >= 15 is 0 Å². The molecule has 2 heterocycles. The second-order valence-electron chi connectivity index (χ2n) is 4.89. The van der Waals surface area contributed by atoms with Gasteiger partial charge in [0.05, 0.1) is 13.1 Å². The molecular weight excluding hydrogens is 306 g/mol.